The first-order valence-electron chi connectivity index (χ1n) is 7.85. The Balaban J connectivity index is 1.78. The van der Waals surface area contributed by atoms with E-state index in [1.165, 1.54) is 50.0 Å². The highest BCUT2D eigenvalue weighted by Crippen LogP contribution is 2.14. The molecule has 1 heterocycles. The zero-order valence-corrected chi connectivity index (χ0v) is 12.9. The van der Waals surface area contributed by atoms with Crippen molar-refractivity contribution in [3.63, 3.8) is 0 Å². The number of benzene rings is 1. The van der Waals surface area contributed by atoms with Gasteiger partial charge in [-0.25, -0.2) is 0 Å². The summed E-state index contributed by atoms with van der Waals surface area (Å²) in [4.78, 5) is 2.58. The summed E-state index contributed by atoms with van der Waals surface area (Å²) >= 11 is 0. The van der Waals surface area contributed by atoms with Crippen molar-refractivity contribution in [3.05, 3.63) is 35.4 Å². The van der Waals surface area contributed by atoms with Gasteiger partial charge in [-0.05, 0) is 50.0 Å². The number of hydrogen-bond donors (Lipinski definition) is 1. The van der Waals surface area contributed by atoms with Gasteiger partial charge >= 0.3 is 0 Å². The van der Waals surface area contributed by atoms with E-state index in [0.29, 0.717) is 12.6 Å². The first-order valence-corrected chi connectivity index (χ1v) is 7.85. The highest BCUT2D eigenvalue weighted by molar-refractivity contribution is 5.26. The van der Waals surface area contributed by atoms with E-state index in [2.05, 4.69) is 41.4 Å². The van der Waals surface area contributed by atoms with E-state index >= 15 is 0 Å². The number of rotatable bonds is 7. The fourth-order valence-electron chi connectivity index (χ4n) is 2.96. The summed E-state index contributed by atoms with van der Waals surface area (Å²) in [6, 6.07) is 9.22. The summed E-state index contributed by atoms with van der Waals surface area (Å²) in [7, 11) is 1.76. The van der Waals surface area contributed by atoms with Crippen molar-refractivity contribution in [1.82, 2.24) is 10.2 Å². The molecular formula is C17H28N2O. The normalized spacial score (nSPS) is 17.5. The highest BCUT2D eigenvalue weighted by atomic mass is 16.5. The first kappa shape index (κ1) is 15.5. The fraction of sp³-hybridized carbons (Fsp3) is 0.647. The Morgan fingerprint density at radius 2 is 1.90 bits per heavy atom. The molecule has 1 aromatic carbocycles. The Hall–Kier alpha value is -0.900. The molecule has 0 saturated carbocycles. The number of hydrogen-bond acceptors (Lipinski definition) is 3. The Morgan fingerprint density at radius 1 is 1.20 bits per heavy atom. The van der Waals surface area contributed by atoms with Crippen LogP contribution in [0.3, 0.4) is 0 Å². The first-order chi connectivity index (χ1) is 9.83. The number of methoxy groups -OCH3 is 1. The zero-order chi connectivity index (χ0) is 14.2. The molecule has 0 atom stereocenters. The number of nitrogens with one attached hydrogen (secondary N) is 1. The lowest BCUT2D eigenvalue weighted by Gasteiger charge is -2.32. The van der Waals surface area contributed by atoms with Gasteiger partial charge in [0.1, 0.15) is 0 Å². The number of ether oxygens (including phenoxy) is 1. The van der Waals surface area contributed by atoms with E-state index in [1.807, 2.05) is 0 Å². The minimum absolute atomic E-state index is 0.665. The van der Waals surface area contributed by atoms with Crippen LogP contribution in [0.25, 0.3) is 0 Å². The molecule has 0 bridgehead atoms. The molecule has 1 aliphatic rings. The molecule has 1 aromatic rings. The SMILES string of the molecule is CCCN1CCC(NCc2ccccc2COC)CC1. The van der Waals surface area contributed by atoms with Gasteiger partial charge in [0.15, 0.2) is 0 Å². The van der Waals surface area contributed by atoms with Crippen molar-refractivity contribution in [2.24, 2.45) is 0 Å². The second-order valence-electron chi connectivity index (χ2n) is 5.70. The van der Waals surface area contributed by atoms with Crippen molar-refractivity contribution < 1.29 is 4.74 Å². The predicted molar refractivity (Wildman–Crippen MR) is 83.7 cm³/mol. The molecule has 1 N–H and O–H groups in total. The molecule has 0 aliphatic carbocycles. The molecule has 1 fully saturated rings. The van der Waals surface area contributed by atoms with Crippen molar-refractivity contribution in [2.75, 3.05) is 26.7 Å². The maximum absolute atomic E-state index is 5.27. The zero-order valence-electron chi connectivity index (χ0n) is 12.9. The van der Waals surface area contributed by atoms with Gasteiger partial charge in [-0.1, -0.05) is 31.2 Å². The van der Waals surface area contributed by atoms with E-state index in [9.17, 15) is 0 Å². The maximum atomic E-state index is 5.27. The molecule has 2 rings (SSSR count). The second kappa shape index (κ2) is 8.40. The lowest BCUT2D eigenvalue weighted by Crippen LogP contribution is -2.42. The Labute approximate surface area is 123 Å². The quantitative estimate of drug-likeness (QED) is 0.829. The summed E-state index contributed by atoms with van der Waals surface area (Å²) in [5.74, 6) is 0. The molecule has 3 heteroatoms. The van der Waals surface area contributed by atoms with E-state index in [-0.39, 0.29) is 0 Å². The van der Waals surface area contributed by atoms with E-state index in [1.54, 1.807) is 7.11 Å². The number of likely N-dealkylation sites (tertiary alicyclic amines) is 1. The van der Waals surface area contributed by atoms with Crippen LogP contribution in [0, 0.1) is 0 Å². The maximum Gasteiger partial charge on any atom is 0.0716 e. The van der Waals surface area contributed by atoms with Gasteiger partial charge in [-0.15, -0.1) is 0 Å². The molecule has 112 valence electrons. The van der Waals surface area contributed by atoms with Gasteiger partial charge in [0.2, 0.25) is 0 Å². The molecule has 0 amide bonds. The molecule has 1 saturated heterocycles. The monoisotopic (exact) mass is 276 g/mol. The molecule has 0 aromatic heterocycles. The van der Waals surface area contributed by atoms with E-state index < -0.39 is 0 Å². The van der Waals surface area contributed by atoms with Gasteiger partial charge in [-0.3, -0.25) is 0 Å². The third kappa shape index (κ3) is 4.58. The number of nitrogens with zero attached hydrogens (tertiary/aromatic N) is 1. The van der Waals surface area contributed by atoms with E-state index in [4.69, 9.17) is 4.74 Å². The third-order valence-corrected chi connectivity index (χ3v) is 4.13. The van der Waals surface area contributed by atoms with Crippen LogP contribution < -0.4 is 5.32 Å². The Kier molecular flexibility index (Phi) is 6.51. The molecular weight excluding hydrogens is 248 g/mol. The largest absolute Gasteiger partial charge is 0.380 e. The summed E-state index contributed by atoms with van der Waals surface area (Å²) in [5, 5.41) is 3.72. The predicted octanol–water partition coefficient (Wildman–Crippen LogP) is 2.80. The minimum atomic E-state index is 0.665. The molecule has 1 aliphatic heterocycles. The lowest BCUT2D eigenvalue weighted by molar-refractivity contribution is 0.183. The average molecular weight is 276 g/mol. The number of piperidine rings is 1. The molecule has 0 spiro atoms. The Morgan fingerprint density at radius 3 is 2.55 bits per heavy atom. The highest BCUT2D eigenvalue weighted by Gasteiger charge is 2.18. The van der Waals surface area contributed by atoms with Gasteiger partial charge in [0, 0.05) is 19.7 Å². The summed E-state index contributed by atoms with van der Waals surface area (Å²) in [5.41, 5.74) is 2.66. The van der Waals surface area contributed by atoms with Crippen molar-refractivity contribution in [3.8, 4) is 0 Å². The van der Waals surface area contributed by atoms with Crippen LogP contribution in [0.15, 0.2) is 24.3 Å². The van der Waals surface area contributed by atoms with Gasteiger partial charge < -0.3 is 15.0 Å². The molecule has 0 unspecified atom stereocenters. The molecule has 20 heavy (non-hydrogen) atoms. The average Bonchev–Trinajstić information content (AvgIpc) is 2.48. The van der Waals surface area contributed by atoms with Crippen LogP contribution >= 0.6 is 0 Å². The fourth-order valence-corrected chi connectivity index (χ4v) is 2.96. The summed E-state index contributed by atoms with van der Waals surface area (Å²) in [6.07, 6.45) is 3.81. The summed E-state index contributed by atoms with van der Waals surface area (Å²) < 4.78 is 5.27. The van der Waals surface area contributed by atoms with Crippen molar-refractivity contribution >= 4 is 0 Å². The summed E-state index contributed by atoms with van der Waals surface area (Å²) in [6.45, 7) is 7.65. The van der Waals surface area contributed by atoms with Crippen LogP contribution in [-0.2, 0) is 17.9 Å². The van der Waals surface area contributed by atoms with Crippen LogP contribution in [-0.4, -0.2) is 37.7 Å². The molecule has 0 radical (unpaired) electrons. The topological polar surface area (TPSA) is 24.5 Å². The van der Waals surface area contributed by atoms with Crippen LogP contribution in [0.2, 0.25) is 0 Å². The van der Waals surface area contributed by atoms with Gasteiger partial charge in [0.25, 0.3) is 0 Å². The molecule has 3 nitrogen and oxygen atoms in total. The smallest absolute Gasteiger partial charge is 0.0716 e. The lowest BCUT2D eigenvalue weighted by atomic mass is 10.0. The van der Waals surface area contributed by atoms with Crippen LogP contribution in [0.5, 0.6) is 0 Å². The minimum Gasteiger partial charge on any atom is -0.380 e. The van der Waals surface area contributed by atoms with Crippen molar-refractivity contribution in [1.29, 1.82) is 0 Å². The standard InChI is InChI=1S/C17H28N2O/c1-3-10-19-11-8-17(9-12-19)18-13-15-6-4-5-7-16(15)14-20-2/h4-7,17-18H,3,8-14H2,1-2H3. The van der Waals surface area contributed by atoms with Crippen LogP contribution in [0.4, 0.5) is 0 Å². The Bertz CT molecular complexity index is 386. The third-order valence-electron chi connectivity index (χ3n) is 4.13. The van der Waals surface area contributed by atoms with Crippen molar-refractivity contribution in [2.45, 2.75) is 45.4 Å². The van der Waals surface area contributed by atoms with E-state index in [0.717, 1.165) is 6.54 Å². The van der Waals surface area contributed by atoms with Gasteiger partial charge in [-0.2, -0.15) is 0 Å². The second-order valence-corrected chi connectivity index (χ2v) is 5.70. The van der Waals surface area contributed by atoms with Gasteiger partial charge in [0.05, 0.1) is 6.61 Å². The van der Waals surface area contributed by atoms with Crippen LogP contribution in [0.1, 0.15) is 37.3 Å².